The van der Waals surface area contributed by atoms with E-state index < -0.39 is 23.5 Å². The molecule has 2 rings (SSSR count). The van der Waals surface area contributed by atoms with Crippen LogP contribution in [0.3, 0.4) is 0 Å². The summed E-state index contributed by atoms with van der Waals surface area (Å²) < 4.78 is 26.2. The zero-order valence-electron chi connectivity index (χ0n) is 13.7. The lowest BCUT2D eigenvalue weighted by atomic mass is 9.92. The molecule has 0 radical (unpaired) electrons. The van der Waals surface area contributed by atoms with Crippen LogP contribution < -0.4 is 5.32 Å². The van der Waals surface area contributed by atoms with Crippen molar-refractivity contribution in [2.45, 2.75) is 12.3 Å². The number of benzene rings is 2. The topological polar surface area (TPSA) is 86.6 Å². The quantitative estimate of drug-likeness (QED) is 0.523. The fourth-order valence-corrected chi connectivity index (χ4v) is 2.41. The Morgan fingerprint density at radius 2 is 1.50 bits per heavy atom. The zero-order valence-corrected chi connectivity index (χ0v) is 13.7. The van der Waals surface area contributed by atoms with E-state index in [-0.39, 0.29) is 18.3 Å². The van der Waals surface area contributed by atoms with E-state index in [1.165, 1.54) is 24.3 Å². The molecule has 1 atom stereocenters. The maximum absolute atomic E-state index is 13.2. The molecule has 26 heavy (non-hydrogen) atoms. The Kier molecular flexibility index (Phi) is 6.43. The van der Waals surface area contributed by atoms with Crippen LogP contribution in [0, 0.1) is 11.6 Å². The molecule has 0 aliphatic heterocycles. The molecule has 136 valence electrons. The molecular formula is C19H17F2NO4. The van der Waals surface area contributed by atoms with Gasteiger partial charge in [-0.05, 0) is 41.8 Å². The number of amides is 1. The zero-order chi connectivity index (χ0) is 19.1. The first-order chi connectivity index (χ1) is 12.3. The third-order valence-corrected chi connectivity index (χ3v) is 3.75. The van der Waals surface area contributed by atoms with E-state index >= 15 is 0 Å². The van der Waals surface area contributed by atoms with Gasteiger partial charge >= 0.3 is 5.97 Å². The number of carbonyl (C=O) groups excluding carboxylic acids is 1. The van der Waals surface area contributed by atoms with E-state index in [4.69, 9.17) is 10.2 Å². The van der Waals surface area contributed by atoms with Gasteiger partial charge in [-0.25, -0.2) is 13.6 Å². The predicted octanol–water partition coefficient (Wildman–Crippen LogP) is 2.93. The van der Waals surface area contributed by atoms with E-state index in [2.05, 4.69) is 5.32 Å². The molecule has 5 nitrogen and oxygen atoms in total. The highest BCUT2D eigenvalue weighted by molar-refractivity contribution is 5.95. The maximum atomic E-state index is 13.2. The van der Waals surface area contributed by atoms with Gasteiger partial charge in [0.05, 0.1) is 6.08 Å². The maximum Gasteiger partial charge on any atom is 0.371 e. The number of carboxylic acids is 1. The number of rotatable bonds is 7. The molecule has 0 saturated heterocycles. The smallest absolute Gasteiger partial charge is 0.371 e. The Labute approximate surface area is 148 Å². The molecular weight excluding hydrogens is 344 g/mol. The monoisotopic (exact) mass is 361 g/mol. The third kappa shape index (κ3) is 5.70. The second kappa shape index (κ2) is 8.75. The van der Waals surface area contributed by atoms with E-state index in [9.17, 15) is 18.4 Å². The summed E-state index contributed by atoms with van der Waals surface area (Å²) in [6.45, 7) is 0.116. The standard InChI is InChI=1S/C19H17F2NO4/c20-15-5-1-12(2-6-15)9-14(13-3-7-16(21)8-4-13)11-22-18(24)10-17(23)19(25)26/h1-8,10,14,23H,9,11H2,(H,22,24)(H,25,26)/b17-10-. The van der Waals surface area contributed by atoms with Crippen LogP contribution in [0.5, 0.6) is 0 Å². The Balaban J connectivity index is 2.13. The number of carboxylic acid groups (broad SMARTS) is 1. The molecule has 0 saturated carbocycles. The van der Waals surface area contributed by atoms with Crippen molar-refractivity contribution in [3.63, 3.8) is 0 Å². The Morgan fingerprint density at radius 1 is 0.962 bits per heavy atom. The van der Waals surface area contributed by atoms with Gasteiger partial charge < -0.3 is 15.5 Å². The summed E-state index contributed by atoms with van der Waals surface area (Å²) in [4.78, 5) is 22.3. The van der Waals surface area contributed by atoms with Gasteiger partial charge in [0.15, 0.2) is 0 Å². The van der Waals surface area contributed by atoms with Crippen molar-refractivity contribution in [1.82, 2.24) is 5.32 Å². The molecule has 2 aromatic rings. The van der Waals surface area contributed by atoms with E-state index in [0.717, 1.165) is 11.1 Å². The number of aliphatic carboxylic acids is 1. The lowest BCUT2D eigenvalue weighted by Gasteiger charge is -2.18. The number of nitrogens with one attached hydrogen (secondary N) is 1. The van der Waals surface area contributed by atoms with Crippen LogP contribution in [0.2, 0.25) is 0 Å². The SMILES string of the molecule is O=C(/C=C(\O)C(=O)O)NCC(Cc1ccc(F)cc1)c1ccc(F)cc1. The summed E-state index contributed by atoms with van der Waals surface area (Å²) in [6.07, 6.45) is 1.02. The van der Waals surface area contributed by atoms with Crippen LogP contribution in [0.15, 0.2) is 60.4 Å². The minimum atomic E-state index is -1.61. The fraction of sp³-hybridized carbons (Fsp3) is 0.158. The molecule has 7 heteroatoms. The summed E-state index contributed by atoms with van der Waals surface area (Å²) in [5.41, 5.74) is 1.57. The number of hydrogen-bond acceptors (Lipinski definition) is 3. The van der Waals surface area contributed by atoms with Crippen molar-refractivity contribution in [3.05, 3.63) is 83.1 Å². The molecule has 0 aliphatic rings. The van der Waals surface area contributed by atoms with Crippen molar-refractivity contribution in [1.29, 1.82) is 0 Å². The van der Waals surface area contributed by atoms with Crippen molar-refractivity contribution in [2.75, 3.05) is 6.54 Å². The van der Waals surface area contributed by atoms with Crippen LogP contribution in [0.25, 0.3) is 0 Å². The average Bonchev–Trinajstić information content (AvgIpc) is 2.61. The number of hydrogen-bond donors (Lipinski definition) is 3. The summed E-state index contributed by atoms with van der Waals surface area (Å²) in [6, 6.07) is 11.6. The van der Waals surface area contributed by atoms with E-state index in [1.54, 1.807) is 24.3 Å². The van der Waals surface area contributed by atoms with Crippen LogP contribution in [0.1, 0.15) is 17.0 Å². The van der Waals surface area contributed by atoms with Crippen molar-refractivity contribution in [2.24, 2.45) is 0 Å². The molecule has 0 fully saturated rings. The van der Waals surface area contributed by atoms with Gasteiger partial charge in [-0.15, -0.1) is 0 Å². The van der Waals surface area contributed by atoms with Crippen LogP contribution in [-0.2, 0) is 16.0 Å². The van der Waals surface area contributed by atoms with Gasteiger partial charge in [0, 0.05) is 12.5 Å². The van der Waals surface area contributed by atoms with Gasteiger partial charge in [0.25, 0.3) is 0 Å². The third-order valence-electron chi connectivity index (χ3n) is 3.75. The second-order valence-corrected chi connectivity index (χ2v) is 5.66. The van der Waals surface area contributed by atoms with Gasteiger partial charge in [-0.3, -0.25) is 4.79 Å². The Bertz CT molecular complexity index is 801. The average molecular weight is 361 g/mol. The number of halogens is 2. The molecule has 0 heterocycles. The van der Waals surface area contributed by atoms with Gasteiger partial charge in [-0.1, -0.05) is 24.3 Å². The summed E-state index contributed by atoms with van der Waals surface area (Å²) >= 11 is 0. The second-order valence-electron chi connectivity index (χ2n) is 5.66. The summed E-state index contributed by atoms with van der Waals surface area (Å²) in [5, 5.41) is 20.2. The first-order valence-corrected chi connectivity index (χ1v) is 7.77. The van der Waals surface area contributed by atoms with Gasteiger partial charge in [-0.2, -0.15) is 0 Å². The lowest BCUT2D eigenvalue weighted by molar-refractivity contribution is -0.136. The minimum absolute atomic E-state index is 0.116. The molecule has 1 unspecified atom stereocenters. The lowest BCUT2D eigenvalue weighted by Crippen LogP contribution is -2.28. The minimum Gasteiger partial charge on any atom is -0.502 e. The molecule has 1 amide bonds. The van der Waals surface area contributed by atoms with Gasteiger partial charge in [0.1, 0.15) is 11.6 Å². The molecule has 0 bridgehead atoms. The first kappa shape index (κ1) is 19.1. The molecule has 0 aromatic heterocycles. The van der Waals surface area contributed by atoms with E-state index in [0.29, 0.717) is 12.5 Å². The Hall–Kier alpha value is -3.22. The summed E-state index contributed by atoms with van der Waals surface area (Å²) in [7, 11) is 0. The van der Waals surface area contributed by atoms with Crippen LogP contribution >= 0.6 is 0 Å². The normalized spacial score (nSPS) is 12.5. The predicted molar refractivity (Wildman–Crippen MR) is 90.6 cm³/mol. The molecule has 0 spiro atoms. The fourth-order valence-electron chi connectivity index (χ4n) is 2.41. The van der Waals surface area contributed by atoms with Crippen LogP contribution in [0.4, 0.5) is 8.78 Å². The van der Waals surface area contributed by atoms with Crippen molar-refractivity contribution < 1.29 is 28.6 Å². The highest BCUT2D eigenvalue weighted by Gasteiger charge is 2.15. The Morgan fingerprint density at radius 3 is 2.04 bits per heavy atom. The van der Waals surface area contributed by atoms with Crippen LogP contribution in [-0.4, -0.2) is 28.6 Å². The number of carbonyl (C=O) groups is 2. The summed E-state index contributed by atoms with van der Waals surface area (Å²) in [5.74, 6) is -4.47. The number of aliphatic hydroxyl groups excluding tert-OH is 1. The molecule has 2 aromatic carbocycles. The largest absolute Gasteiger partial charge is 0.502 e. The highest BCUT2D eigenvalue weighted by Crippen LogP contribution is 2.21. The van der Waals surface area contributed by atoms with Crippen molar-refractivity contribution in [3.8, 4) is 0 Å². The number of aliphatic hydroxyl groups is 1. The molecule has 3 N–H and O–H groups in total. The molecule has 0 aliphatic carbocycles. The highest BCUT2D eigenvalue weighted by atomic mass is 19.1. The van der Waals surface area contributed by atoms with Crippen molar-refractivity contribution >= 4 is 11.9 Å². The van der Waals surface area contributed by atoms with E-state index in [1.807, 2.05) is 0 Å². The van der Waals surface area contributed by atoms with Gasteiger partial charge in [0.2, 0.25) is 11.7 Å². The first-order valence-electron chi connectivity index (χ1n) is 7.77.